The summed E-state index contributed by atoms with van der Waals surface area (Å²) in [7, 11) is 0. The number of likely N-dealkylation sites (tertiary alicyclic amines) is 1. The van der Waals surface area contributed by atoms with Crippen molar-refractivity contribution in [2.45, 2.75) is 23.0 Å². The van der Waals surface area contributed by atoms with Crippen LogP contribution in [0.4, 0.5) is 0 Å². The third kappa shape index (κ3) is 4.52. The van der Waals surface area contributed by atoms with E-state index >= 15 is 0 Å². The van der Waals surface area contributed by atoms with E-state index in [1.165, 1.54) is 11.8 Å². The van der Waals surface area contributed by atoms with Gasteiger partial charge in [-0.3, -0.25) is 19.3 Å². The molecule has 2 aromatic carbocycles. The predicted octanol–water partition coefficient (Wildman–Crippen LogP) is 3.21. The summed E-state index contributed by atoms with van der Waals surface area (Å²) in [5.41, 5.74) is 0.802. The maximum atomic E-state index is 12.7. The molecule has 1 atom stereocenters. The summed E-state index contributed by atoms with van der Waals surface area (Å²) < 4.78 is 5.25. The number of nitrogens with zero attached hydrogens (tertiary/aromatic N) is 1. The van der Waals surface area contributed by atoms with Crippen LogP contribution >= 0.6 is 11.8 Å². The summed E-state index contributed by atoms with van der Waals surface area (Å²) in [6, 6.07) is 18.8. The van der Waals surface area contributed by atoms with Crippen molar-refractivity contribution in [3.8, 4) is 0 Å². The molecule has 0 bridgehead atoms. The van der Waals surface area contributed by atoms with Crippen molar-refractivity contribution in [3.63, 3.8) is 0 Å². The first-order valence-electron chi connectivity index (χ1n) is 8.41. The van der Waals surface area contributed by atoms with Crippen LogP contribution in [0.1, 0.15) is 23.7 Å². The molecule has 1 fully saturated rings. The van der Waals surface area contributed by atoms with Crippen LogP contribution in [-0.4, -0.2) is 35.8 Å². The Morgan fingerprint density at radius 1 is 1.04 bits per heavy atom. The largest absolute Gasteiger partial charge is 0.454 e. The Morgan fingerprint density at radius 2 is 1.69 bits per heavy atom. The molecular weight excluding hydrogens is 350 g/mol. The van der Waals surface area contributed by atoms with E-state index in [1.807, 2.05) is 60.7 Å². The standard InChI is InChI=1S/C20H19NO4S/c22-17-12-7-13-21(17)18(23)14-25-20(24)19(15-8-3-1-4-9-15)26-16-10-5-2-6-11-16/h1-6,8-11,19H,7,12-14H2/t19-/m1/s1. The van der Waals surface area contributed by atoms with Crippen LogP contribution in [0.25, 0.3) is 0 Å². The normalized spacial score (nSPS) is 14.9. The molecule has 0 unspecified atom stereocenters. The van der Waals surface area contributed by atoms with Crippen LogP contribution in [0.2, 0.25) is 0 Å². The van der Waals surface area contributed by atoms with Crippen LogP contribution < -0.4 is 0 Å². The lowest BCUT2D eigenvalue weighted by Crippen LogP contribution is -2.35. The average Bonchev–Trinajstić information content (AvgIpc) is 3.11. The number of thioether (sulfide) groups is 1. The van der Waals surface area contributed by atoms with E-state index in [1.54, 1.807) is 0 Å². The monoisotopic (exact) mass is 369 g/mol. The molecule has 1 saturated heterocycles. The number of benzene rings is 2. The molecule has 1 aliphatic heterocycles. The molecule has 0 saturated carbocycles. The minimum Gasteiger partial charge on any atom is -0.454 e. The molecule has 6 heteroatoms. The van der Waals surface area contributed by atoms with Gasteiger partial charge in [0.25, 0.3) is 5.91 Å². The first kappa shape index (κ1) is 18.2. The zero-order valence-corrected chi connectivity index (χ0v) is 15.0. The molecule has 26 heavy (non-hydrogen) atoms. The first-order valence-corrected chi connectivity index (χ1v) is 9.29. The second-order valence-electron chi connectivity index (χ2n) is 5.87. The average molecular weight is 369 g/mol. The van der Waals surface area contributed by atoms with Gasteiger partial charge in [-0.25, -0.2) is 0 Å². The van der Waals surface area contributed by atoms with Gasteiger partial charge in [0, 0.05) is 17.9 Å². The van der Waals surface area contributed by atoms with Crippen molar-refractivity contribution in [2.24, 2.45) is 0 Å². The molecule has 2 amide bonds. The second kappa shape index (κ2) is 8.67. The zero-order valence-electron chi connectivity index (χ0n) is 14.2. The fraction of sp³-hybridized carbons (Fsp3) is 0.250. The van der Waals surface area contributed by atoms with Crippen molar-refractivity contribution < 1.29 is 19.1 Å². The van der Waals surface area contributed by atoms with Gasteiger partial charge in [-0.05, 0) is 24.1 Å². The van der Waals surface area contributed by atoms with Crippen molar-refractivity contribution in [2.75, 3.05) is 13.2 Å². The number of rotatable bonds is 6. The van der Waals surface area contributed by atoms with E-state index in [9.17, 15) is 14.4 Å². The third-order valence-electron chi connectivity index (χ3n) is 4.03. The summed E-state index contributed by atoms with van der Waals surface area (Å²) in [5, 5.41) is -0.583. The van der Waals surface area contributed by atoms with Crippen molar-refractivity contribution in [1.82, 2.24) is 4.90 Å². The van der Waals surface area contributed by atoms with E-state index < -0.39 is 23.7 Å². The summed E-state index contributed by atoms with van der Waals surface area (Å²) in [6.07, 6.45) is 1.03. The van der Waals surface area contributed by atoms with Crippen LogP contribution in [0.15, 0.2) is 65.6 Å². The number of imide groups is 1. The number of ether oxygens (including phenoxy) is 1. The molecule has 1 aliphatic rings. The molecule has 0 spiro atoms. The Hall–Kier alpha value is -2.60. The topological polar surface area (TPSA) is 63.7 Å². The number of esters is 1. The van der Waals surface area contributed by atoms with E-state index in [4.69, 9.17) is 4.74 Å². The Kier molecular flexibility index (Phi) is 6.07. The number of amides is 2. The molecule has 0 radical (unpaired) electrons. The zero-order chi connectivity index (χ0) is 18.4. The summed E-state index contributed by atoms with van der Waals surface area (Å²) in [5.74, 6) is -1.16. The van der Waals surface area contributed by atoms with Gasteiger partial charge in [0.2, 0.25) is 5.91 Å². The lowest BCUT2D eigenvalue weighted by Gasteiger charge is -2.18. The van der Waals surface area contributed by atoms with Gasteiger partial charge in [0.05, 0.1) is 0 Å². The second-order valence-corrected chi connectivity index (χ2v) is 7.05. The van der Waals surface area contributed by atoms with Crippen LogP contribution in [-0.2, 0) is 19.1 Å². The SMILES string of the molecule is O=C(OCC(=O)N1CCCC1=O)[C@H](Sc1ccccc1)c1ccccc1. The van der Waals surface area contributed by atoms with Crippen molar-refractivity contribution in [3.05, 3.63) is 66.2 Å². The molecular formula is C20H19NO4S. The van der Waals surface area contributed by atoms with Gasteiger partial charge in [-0.2, -0.15) is 0 Å². The van der Waals surface area contributed by atoms with Gasteiger partial charge in [-0.1, -0.05) is 48.5 Å². The van der Waals surface area contributed by atoms with Crippen molar-refractivity contribution in [1.29, 1.82) is 0 Å². The summed E-state index contributed by atoms with van der Waals surface area (Å²) in [6.45, 7) is -0.0145. The lowest BCUT2D eigenvalue weighted by molar-refractivity contribution is -0.154. The molecule has 0 aromatic heterocycles. The number of carbonyl (C=O) groups is 3. The highest BCUT2D eigenvalue weighted by Gasteiger charge is 2.29. The minimum atomic E-state index is -0.583. The maximum absolute atomic E-state index is 12.7. The van der Waals surface area contributed by atoms with Gasteiger partial charge in [0.15, 0.2) is 6.61 Å². The number of hydrogen-bond donors (Lipinski definition) is 0. The Morgan fingerprint density at radius 3 is 2.31 bits per heavy atom. The fourth-order valence-electron chi connectivity index (χ4n) is 2.71. The highest BCUT2D eigenvalue weighted by Crippen LogP contribution is 2.36. The van der Waals surface area contributed by atoms with E-state index in [0.717, 1.165) is 15.4 Å². The lowest BCUT2D eigenvalue weighted by atomic mass is 10.1. The highest BCUT2D eigenvalue weighted by molar-refractivity contribution is 8.00. The van der Waals surface area contributed by atoms with Crippen molar-refractivity contribution >= 4 is 29.5 Å². The first-order chi connectivity index (χ1) is 12.6. The van der Waals surface area contributed by atoms with Gasteiger partial charge < -0.3 is 4.74 Å². The summed E-state index contributed by atoms with van der Waals surface area (Å²) in [4.78, 5) is 38.5. The molecule has 2 aromatic rings. The molecule has 0 N–H and O–H groups in total. The molecule has 5 nitrogen and oxygen atoms in total. The van der Waals surface area contributed by atoms with E-state index in [2.05, 4.69) is 0 Å². The Labute approximate surface area is 156 Å². The summed E-state index contributed by atoms with van der Waals surface area (Å²) >= 11 is 1.37. The van der Waals surface area contributed by atoms with Crippen LogP contribution in [0.5, 0.6) is 0 Å². The van der Waals surface area contributed by atoms with E-state index in [0.29, 0.717) is 19.4 Å². The predicted molar refractivity (Wildman–Crippen MR) is 98.4 cm³/mol. The number of carbonyl (C=O) groups excluding carboxylic acids is 3. The highest BCUT2D eigenvalue weighted by atomic mass is 32.2. The smallest absolute Gasteiger partial charge is 0.324 e. The fourth-order valence-corrected chi connectivity index (χ4v) is 3.76. The van der Waals surface area contributed by atoms with Gasteiger partial charge in [-0.15, -0.1) is 11.8 Å². The quantitative estimate of drug-likeness (QED) is 0.578. The Balaban J connectivity index is 1.68. The Bertz CT molecular complexity index is 779. The number of hydrogen-bond acceptors (Lipinski definition) is 5. The minimum absolute atomic E-state index is 0.204. The molecule has 0 aliphatic carbocycles. The molecule has 134 valence electrons. The molecule has 3 rings (SSSR count). The van der Waals surface area contributed by atoms with Crippen LogP contribution in [0.3, 0.4) is 0 Å². The maximum Gasteiger partial charge on any atom is 0.324 e. The van der Waals surface area contributed by atoms with E-state index in [-0.39, 0.29) is 5.91 Å². The van der Waals surface area contributed by atoms with Crippen LogP contribution in [0, 0.1) is 0 Å². The third-order valence-corrected chi connectivity index (χ3v) is 5.27. The molecule has 1 heterocycles. The van der Waals surface area contributed by atoms with Gasteiger partial charge in [0.1, 0.15) is 5.25 Å². The van der Waals surface area contributed by atoms with Gasteiger partial charge >= 0.3 is 5.97 Å².